The molecular formula is C26H28N6O3. The lowest BCUT2D eigenvalue weighted by molar-refractivity contribution is 0.0954. The van der Waals surface area contributed by atoms with Crippen LogP contribution in [0.25, 0.3) is 0 Å². The maximum absolute atomic E-state index is 12.9. The second kappa shape index (κ2) is 10.7. The molecule has 35 heavy (non-hydrogen) atoms. The van der Waals surface area contributed by atoms with Crippen LogP contribution < -0.4 is 21.1 Å². The molecule has 9 heteroatoms. The number of fused-ring (bicyclic) bond motifs is 1. The topological polar surface area (TPSA) is 133 Å². The average molecular weight is 473 g/mol. The van der Waals surface area contributed by atoms with Crippen LogP contribution in [0.3, 0.4) is 0 Å². The second-order valence-electron chi connectivity index (χ2n) is 8.25. The van der Waals surface area contributed by atoms with Crippen molar-refractivity contribution < 1.29 is 14.3 Å². The van der Waals surface area contributed by atoms with Crippen molar-refractivity contribution in [2.24, 2.45) is 0 Å². The van der Waals surface area contributed by atoms with Gasteiger partial charge in [-0.3, -0.25) is 4.79 Å². The number of carbonyl (C=O) groups is 2. The monoisotopic (exact) mass is 472 g/mol. The first kappa shape index (κ1) is 23.7. The third-order valence-corrected chi connectivity index (χ3v) is 5.98. The minimum Gasteiger partial charge on any atom is -0.497 e. The van der Waals surface area contributed by atoms with Crippen LogP contribution in [0, 0.1) is 5.41 Å². The number of hydrogen-bond donors (Lipinski definition) is 4. The summed E-state index contributed by atoms with van der Waals surface area (Å²) in [5, 5.41) is 13.4. The second-order valence-corrected chi connectivity index (χ2v) is 8.25. The molecule has 9 nitrogen and oxygen atoms in total. The Kier molecular flexibility index (Phi) is 7.25. The maximum Gasteiger partial charge on any atom is 0.322 e. The number of nitrogens with zero attached hydrogens (tertiary/aromatic N) is 2. The van der Waals surface area contributed by atoms with Gasteiger partial charge in [-0.05, 0) is 59.9 Å². The molecule has 3 aromatic rings. The molecule has 2 heterocycles. The van der Waals surface area contributed by atoms with E-state index in [2.05, 4.69) is 15.6 Å². The summed E-state index contributed by atoms with van der Waals surface area (Å²) in [5.74, 6) is 0.902. The van der Waals surface area contributed by atoms with Crippen LogP contribution in [0.4, 0.5) is 16.3 Å². The van der Waals surface area contributed by atoms with E-state index >= 15 is 0 Å². The van der Waals surface area contributed by atoms with Crippen molar-refractivity contribution in [2.45, 2.75) is 19.4 Å². The van der Waals surface area contributed by atoms with Crippen molar-refractivity contribution in [3.05, 3.63) is 82.5 Å². The maximum atomic E-state index is 12.9. The van der Waals surface area contributed by atoms with Gasteiger partial charge >= 0.3 is 6.03 Å². The van der Waals surface area contributed by atoms with E-state index in [0.717, 1.165) is 22.4 Å². The third kappa shape index (κ3) is 5.57. The van der Waals surface area contributed by atoms with Crippen molar-refractivity contribution in [3.63, 3.8) is 0 Å². The Morgan fingerprint density at radius 2 is 2.06 bits per heavy atom. The first-order chi connectivity index (χ1) is 17.0. The molecule has 2 aromatic carbocycles. The van der Waals surface area contributed by atoms with Crippen molar-refractivity contribution in [3.8, 4) is 5.75 Å². The molecule has 1 aromatic heterocycles. The molecule has 0 fully saturated rings. The minimum atomic E-state index is -0.264. The molecule has 180 valence electrons. The lowest BCUT2D eigenvalue weighted by Gasteiger charge is -2.29. The summed E-state index contributed by atoms with van der Waals surface area (Å²) in [6, 6.07) is 14.3. The molecule has 4 rings (SSSR count). The molecular weight excluding hydrogens is 444 g/mol. The van der Waals surface area contributed by atoms with Crippen molar-refractivity contribution >= 4 is 29.7 Å². The summed E-state index contributed by atoms with van der Waals surface area (Å²) in [5.41, 5.74) is 10.4. The molecule has 0 radical (unpaired) electrons. The molecule has 0 bridgehead atoms. The normalized spacial score (nSPS) is 12.4. The van der Waals surface area contributed by atoms with E-state index < -0.39 is 0 Å². The van der Waals surface area contributed by atoms with Gasteiger partial charge in [-0.1, -0.05) is 18.2 Å². The van der Waals surface area contributed by atoms with E-state index in [0.29, 0.717) is 55.1 Å². The fourth-order valence-corrected chi connectivity index (χ4v) is 4.11. The predicted octanol–water partition coefficient (Wildman–Crippen LogP) is 3.23. The highest BCUT2D eigenvalue weighted by Crippen LogP contribution is 2.24. The molecule has 0 saturated carbocycles. The van der Waals surface area contributed by atoms with E-state index in [1.54, 1.807) is 42.5 Å². The number of methoxy groups -OCH3 is 1. The van der Waals surface area contributed by atoms with Crippen molar-refractivity contribution in [1.29, 1.82) is 5.41 Å². The zero-order valence-electron chi connectivity index (χ0n) is 19.5. The number of benzene rings is 2. The summed E-state index contributed by atoms with van der Waals surface area (Å²) >= 11 is 0. The highest BCUT2D eigenvalue weighted by atomic mass is 16.5. The number of pyridine rings is 1. The summed E-state index contributed by atoms with van der Waals surface area (Å²) in [4.78, 5) is 31.3. The van der Waals surface area contributed by atoms with E-state index in [1.165, 1.54) is 6.21 Å². The first-order valence-corrected chi connectivity index (χ1v) is 11.3. The van der Waals surface area contributed by atoms with Crippen molar-refractivity contribution in [2.75, 3.05) is 31.2 Å². The molecule has 1 aliphatic heterocycles. The highest BCUT2D eigenvalue weighted by Gasteiger charge is 2.24. The number of rotatable bonds is 7. The Morgan fingerprint density at radius 3 is 2.86 bits per heavy atom. The van der Waals surface area contributed by atoms with E-state index in [9.17, 15) is 9.59 Å². The number of amides is 3. The van der Waals surface area contributed by atoms with Crippen LogP contribution >= 0.6 is 0 Å². The summed E-state index contributed by atoms with van der Waals surface area (Å²) < 4.78 is 5.23. The van der Waals surface area contributed by atoms with Crippen LogP contribution in [0.1, 0.15) is 32.6 Å². The summed E-state index contributed by atoms with van der Waals surface area (Å²) in [7, 11) is 1.62. The number of anilines is 2. The smallest absolute Gasteiger partial charge is 0.322 e. The highest BCUT2D eigenvalue weighted by molar-refractivity contribution is 5.97. The van der Waals surface area contributed by atoms with Crippen LogP contribution in [-0.2, 0) is 19.4 Å². The van der Waals surface area contributed by atoms with E-state index in [1.807, 2.05) is 24.3 Å². The van der Waals surface area contributed by atoms with Gasteiger partial charge in [0.2, 0.25) is 0 Å². The number of urea groups is 1. The lowest BCUT2D eigenvalue weighted by atomic mass is 9.97. The summed E-state index contributed by atoms with van der Waals surface area (Å²) in [6.45, 7) is 1.35. The van der Waals surface area contributed by atoms with Crippen LogP contribution in [0.2, 0.25) is 0 Å². The van der Waals surface area contributed by atoms with E-state index in [-0.39, 0.29) is 11.9 Å². The van der Waals surface area contributed by atoms with Gasteiger partial charge in [0.15, 0.2) is 0 Å². The van der Waals surface area contributed by atoms with Crippen LogP contribution in [0.15, 0.2) is 54.7 Å². The Hall–Kier alpha value is -4.40. The Labute approximate surface area is 203 Å². The van der Waals surface area contributed by atoms with Gasteiger partial charge in [-0.25, -0.2) is 9.78 Å². The van der Waals surface area contributed by atoms with Gasteiger partial charge in [0.05, 0.1) is 7.11 Å². The molecule has 0 aliphatic carbocycles. The number of carbonyl (C=O) groups excluding carboxylic acids is 2. The lowest BCUT2D eigenvalue weighted by Crippen LogP contribution is -2.39. The number of nitrogens with one attached hydrogen (secondary N) is 3. The number of aromatic nitrogens is 1. The number of ether oxygens (including phenoxy) is 1. The quantitative estimate of drug-likeness (QED) is 0.392. The first-order valence-electron chi connectivity index (χ1n) is 11.3. The standard InChI is InChI=1S/C26H28N6O3/c1-35-21-7-2-4-17(12-21)8-10-29-25(33)18-5-3-6-20(13-18)31-26(34)32-11-9-22-19(16-32)15-30-24(28)23(22)14-27/h2-7,12-15,27H,8-11,16H2,1H3,(H2,28,30)(H,29,33)(H,31,34). The Morgan fingerprint density at radius 1 is 1.23 bits per heavy atom. The Balaban J connectivity index is 1.34. The molecule has 3 amide bonds. The molecule has 0 unspecified atom stereocenters. The van der Waals surface area contributed by atoms with Crippen LogP contribution in [0.5, 0.6) is 5.75 Å². The molecule has 0 atom stereocenters. The number of nitrogens with two attached hydrogens (primary N) is 1. The zero-order valence-corrected chi connectivity index (χ0v) is 19.5. The van der Waals surface area contributed by atoms with Gasteiger partial charge in [-0.2, -0.15) is 0 Å². The van der Waals surface area contributed by atoms with E-state index in [4.69, 9.17) is 15.9 Å². The predicted molar refractivity (Wildman–Crippen MR) is 135 cm³/mol. The fourth-order valence-electron chi connectivity index (χ4n) is 4.11. The largest absolute Gasteiger partial charge is 0.497 e. The third-order valence-electron chi connectivity index (χ3n) is 5.98. The van der Waals surface area contributed by atoms with Gasteiger partial charge in [0, 0.05) is 48.9 Å². The van der Waals surface area contributed by atoms with Crippen LogP contribution in [-0.4, -0.2) is 48.2 Å². The number of hydrogen-bond acceptors (Lipinski definition) is 6. The Bertz CT molecular complexity index is 1260. The van der Waals surface area contributed by atoms with Crippen molar-refractivity contribution in [1.82, 2.24) is 15.2 Å². The number of nitrogen functional groups attached to an aromatic ring is 1. The summed E-state index contributed by atoms with van der Waals surface area (Å²) in [6.07, 6.45) is 4.14. The van der Waals surface area contributed by atoms with Gasteiger partial charge in [-0.15, -0.1) is 0 Å². The zero-order chi connectivity index (χ0) is 24.8. The SMILES string of the molecule is COc1cccc(CCNC(=O)c2cccc(NC(=O)N3CCc4c(cnc(N)c4C=N)C3)c2)c1. The van der Waals surface area contributed by atoms with Gasteiger partial charge < -0.3 is 31.4 Å². The van der Waals surface area contributed by atoms with Gasteiger partial charge in [0.25, 0.3) is 5.91 Å². The minimum absolute atomic E-state index is 0.210. The molecule has 1 aliphatic rings. The average Bonchev–Trinajstić information content (AvgIpc) is 2.88. The fraction of sp³-hybridized carbons (Fsp3) is 0.231. The molecule has 0 saturated heterocycles. The molecule has 0 spiro atoms. The molecule has 5 N–H and O–H groups in total. The van der Waals surface area contributed by atoms with Gasteiger partial charge in [0.1, 0.15) is 11.6 Å².